The Morgan fingerprint density at radius 1 is 1.09 bits per heavy atom. The Morgan fingerprint density at radius 2 is 1.88 bits per heavy atom. The number of nitrogens with two attached hydrogens (primary N) is 1. The Labute approximate surface area is 249 Å². The molecule has 0 radical (unpaired) electrons. The molecule has 0 spiro atoms. The molecule has 4 aromatic rings. The first-order valence-corrected chi connectivity index (χ1v) is 13.6. The second-order valence-corrected chi connectivity index (χ2v) is 10.3. The largest absolute Gasteiger partial charge is 0.504 e. The number of rotatable bonds is 9. The molecule has 2 heterocycles. The normalized spacial score (nSPS) is 12.6. The van der Waals surface area contributed by atoms with E-state index >= 15 is 4.39 Å². The lowest BCUT2D eigenvalue weighted by Gasteiger charge is -2.19. The van der Waals surface area contributed by atoms with Crippen LogP contribution in [0, 0.1) is 17.0 Å². The van der Waals surface area contributed by atoms with Gasteiger partial charge in [0.15, 0.2) is 17.3 Å². The van der Waals surface area contributed by atoms with Crippen molar-refractivity contribution in [3.63, 3.8) is 0 Å². The minimum Gasteiger partial charge on any atom is -0.504 e. The molecular formula is C30H25F2N5O5S. The second-order valence-electron chi connectivity index (χ2n) is 9.23. The molecule has 4 N–H and O–H groups in total. The number of phenols is 1. The van der Waals surface area contributed by atoms with E-state index in [1.165, 1.54) is 37.1 Å². The van der Waals surface area contributed by atoms with E-state index in [1.54, 1.807) is 42.5 Å². The molecule has 1 aliphatic rings. The highest BCUT2D eigenvalue weighted by molar-refractivity contribution is 7.99. The van der Waals surface area contributed by atoms with E-state index in [0.29, 0.717) is 39.8 Å². The van der Waals surface area contributed by atoms with Gasteiger partial charge in [-0.25, -0.2) is 14.2 Å². The number of amidine groups is 2. The molecule has 0 atom stereocenters. The van der Waals surface area contributed by atoms with E-state index in [0.717, 1.165) is 6.20 Å². The summed E-state index contributed by atoms with van der Waals surface area (Å²) in [7, 11) is 3.14. The van der Waals surface area contributed by atoms with E-state index in [1.807, 2.05) is 11.9 Å². The summed E-state index contributed by atoms with van der Waals surface area (Å²) in [6.07, 6.45) is 0.729. The molecule has 0 aliphatic carbocycles. The Bertz CT molecular complexity index is 1770. The lowest BCUT2D eigenvalue weighted by atomic mass is 10.1. The van der Waals surface area contributed by atoms with E-state index in [-0.39, 0.29) is 28.6 Å². The number of aliphatic imine (C=N–C) groups is 1. The van der Waals surface area contributed by atoms with Gasteiger partial charge in [0.05, 0.1) is 31.0 Å². The van der Waals surface area contributed by atoms with Gasteiger partial charge in [-0.1, -0.05) is 23.9 Å². The summed E-state index contributed by atoms with van der Waals surface area (Å²) in [5, 5.41) is 17.7. The molecule has 1 aliphatic heterocycles. The number of esters is 1. The molecule has 13 heteroatoms. The maximum Gasteiger partial charge on any atom is 0.339 e. The summed E-state index contributed by atoms with van der Waals surface area (Å²) in [5.41, 5.74) is 6.56. The number of halogens is 2. The summed E-state index contributed by atoms with van der Waals surface area (Å²) >= 11 is 1.31. The Balaban J connectivity index is 1.51. The number of ether oxygens (including phenoxy) is 3. The third-order valence-corrected chi connectivity index (χ3v) is 7.42. The zero-order valence-electron chi connectivity index (χ0n) is 22.9. The van der Waals surface area contributed by atoms with Crippen LogP contribution in [0.5, 0.6) is 28.9 Å². The molecule has 10 nitrogen and oxygen atoms in total. The number of carbonyl (C=O) groups excluding carboxylic acids is 1. The first-order chi connectivity index (χ1) is 20.7. The number of nitrogen functional groups attached to an aromatic ring is 1. The van der Waals surface area contributed by atoms with Crippen molar-refractivity contribution < 1.29 is 32.9 Å². The van der Waals surface area contributed by atoms with Crippen molar-refractivity contribution in [2.24, 2.45) is 10.7 Å². The number of aromatic hydroxyl groups is 1. The molecule has 0 fully saturated rings. The molecule has 0 amide bonds. The number of hydrogen-bond acceptors (Lipinski definition) is 10. The van der Waals surface area contributed by atoms with Crippen molar-refractivity contribution in [1.29, 1.82) is 5.41 Å². The number of carbonyl (C=O) groups is 1. The van der Waals surface area contributed by atoms with Crippen LogP contribution in [0.2, 0.25) is 0 Å². The quantitative estimate of drug-likeness (QED) is 0.127. The minimum absolute atomic E-state index is 0.106. The predicted octanol–water partition coefficient (Wildman–Crippen LogP) is 5.56. The van der Waals surface area contributed by atoms with Crippen molar-refractivity contribution >= 4 is 29.4 Å². The summed E-state index contributed by atoms with van der Waals surface area (Å²) < 4.78 is 46.7. The van der Waals surface area contributed by atoms with Crippen molar-refractivity contribution in [1.82, 2.24) is 9.88 Å². The molecule has 0 saturated heterocycles. The molecule has 1 aromatic heterocycles. The van der Waals surface area contributed by atoms with Gasteiger partial charge in [-0.15, -0.1) is 0 Å². The monoisotopic (exact) mass is 605 g/mol. The Kier molecular flexibility index (Phi) is 8.44. The zero-order chi connectivity index (χ0) is 30.7. The van der Waals surface area contributed by atoms with Crippen LogP contribution in [0.4, 0.5) is 8.78 Å². The number of nitrogens with zero attached hydrogens (tertiary/aromatic N) is 3. The highest BCUT2D eigenvalue weighted by atomic mass is 32.2. The molecule has 3 aromatic carbocycles. The molecule has 5 rings (SSSR count). The van der Waals surface area contributed by atoms with Crippen LogP contribution < -0.4 is 15.2 Å². The molecule has 0 unspecified atom stereocenters. The van der Waals surface area contributed by atoms with Crippen molar-refractivity contribution in [3.05, 3.63) is 95.2 Å². The van der Waals surface area contributed by atoms with Gasteiger partial charge in [-0.2, -0.15) is 4.39 Å². The summed E-state index contributed by atoms with van der Waals surface area (Å²) in [5.74, 6) is -4.55. The predicted molar refractivity (Wildman–Crippen MR) is 156 cm³/mol. The minimum atomic E-state index is -1.26. The maximum absolute atomic E-state index is 15.6. The van der Waals surface area contributed by atoms with Gasteiger partial charge in [0.2, 0.25) is 11.6 Å². The first-order valence-electron chi connectivity index (χ1n) is 12.8. The Hall–Kier alpha value is -5.17. The van der Waals surface area contributed by atoms with Crippen LogP contribution in [-0.4, -0.2) is 59.9 Å². The van der Waals surface area contributed by atoms with Gasteiger partial charge < -0.3 is 30.0 Å². The number of aromatic nitrogens is 1. The first kappa shape index (κ1) is 29.3. The molecule has 0 saturated carbocycles. The van der Waals surface area contributed by atoms with Crippen molar-refractivity contribution in [2.45, 2.75) is 9.79 Å². The average Bonchev–Trinajstić information content (AvgIpc) is 3.43. The van der Waals surface area contributed by atoms with E-state index in [9.17, 15) is 14.3 Å². The van der Waals surface area contributed by atoms with Gasteiger partial charge in [0.25, 0.3) is 5.88 Å². The van der Waals surface area contributed by atoms with Crippen LogP contribution in [0.3, 0.4) is 0 Å². The molecule has 43 heavy (non-hydrogen) atoms. The van der Waals surface area contributed by atoms with Gasteiger partial charge in [-0.05, 0) is 48.5 Å². The van der Waals surface area contributed by atoms with Gasteiger partial charge >= 0.3 is 5.97 Å². The number of methoxy groups -OCH3 is 1. The fraction of sp³-hybridized carbons (Fsp3) is 0.133. The van der Waals surface area contributed by atoms with Crippen LogP contribution in [0.1, 0.15) is 21.5 Å². The summed E-state index contributed by atoms with van der Waals surface area (Å²) in [6.45, 7) is 1.16. The summed E-state index contributed by atoms with van der Waals surface area (Å²) in [6, 6.07) is 15.8. The number of pyridine rings is 1. The van der Waals surface area contributed by atoms with Crippen molar-refractivity contribution in [3.8, 4) is 28.9 Å². The third kappa shape index (κ3) is 6.21. The lowest BCUT2D eigenvalue weighted by Crippen LogP contribution is -2.24. The highest BCUT2D eigenvalue weighted by Crippen LogP contribution is 2.40. The fourth-order valence-electron chi connectivity index (χ4n) is 4.20. The van der Waals surface area contributed by atoms with Gasteiger partial charge in [-0.3, -0.25) is 10.4 Å². The topological polar surface area (TPSA) is 143 Å². The molecular weight excluding hydrogens is 580 g/mol. The number of phenolic OH excluding ortho intramolecular Hbond substituents is 1. The van der Waals surface area contributed by atoms with Crippen LogP contribution >= 0.6 is 11.8 Å². The molecule has 220 valence electrons. The van der Waals surface area contributed by atoms with Crippen LogP contribution in [0.15, 0.2) is 81.6 Å². The maximum atomic E-state index is 15.6. The Morgan fingerprint density at radius 3 is 2.60 bits per heavy atom. The number of nitrogens with one attached hydrogen (secondary N) is 1. The smallest absolute Gasteiger partial charge is 0.339 e. The molecule has 0 bridgehead atoms. The third-order valence-electron chi connectivity index (χ3n) is 6.36. The van der Waals surface area contributed by atoms with E-state index in [4.69, 9.17) is 25.4 Å². The number of benzene rings is 3. The second kappa shape index (κ2) is 12.4. The van der Waals surface area contributed by atoms with Crippen molar-refractivity contribution in [2.75, 3.05) is 27.2 Å². The standard InChI is InChI=1S/C30H25F2N5O5S/c1-37-12-11-35-28(37)19-14-17(43-24-6-4-3-5-18(24)30(39)40-2)8-10-22(19)41-26-20(31)15-36-29(25(26)32)42-23-13-16(27(33)34)7-9-21(23)38/h3-10,13-15,38H,11-12H2,1-2H3,(H3,33,34). The van der Waals surface area contributed by atoms with Gasteiger partial charge in [0, 0.05) is 28.9 Å². The van der Waals surface area contributed by atoms with E-state index < -0.39 is 29.2 Å². The van der Waals surface area contributed by atoms with Crippen LogP contribution in [0.25, 0.3) is 0 Å². The fourth-order valence-corrected chi connectivity index (χ4v) is 5.17. The SMILES string of the molecule is COC(=O)c1ccccc1Sc1ccc(Oc2c(F)cnc(Oc3cc(C(=N)N)ccc3O)c2F)c(C2=NCCN2C)c1. The number of hydrogen-bond donors (Lipinski definition) is 3. The van der Waals surface area contributed by atoms with Crippen LogP contribution in [-0.2, 0) is 4.74 Å². The summed E-state index contributed by atoms with van der Waals surface area (Å²) in [4.78, 5) is 23.7. The average molecular weight is 606 g/mol. The number of likely N-dealkylation sites (N-methyl/N-ethyl adjacent to an activating group) is 1. The zero-order valence-corrected chi connectivity index (χ0v) is 23.7. The van der Waals surface area contributed by atoms with E-state index in [2.05, 4.69) is 9.98 Å². The highest BCUT2D eigenvalue weighted by Gasteiger charge is 2.25. The lowest BCUT2D eigenvalue weighted by molar-refractivity contribution is 0.0596. The van der Waals surface area contributed by atoms with Gasteiger partial charge in [0.1, 0.15) is 17.4 Å².